The summed E-state index contributed by atoms with van der Waals surface area (Å²) in [5.41, 5.74) is -0.0393. The van der Waals surface area contributed by atoms with Gasteiger partial charge in [-0.3, -0.25) is 14.5 Å². The Morgan fingerprint density at radius 2 is 1.31 bits per heavy atom. The maximum absolute atomic E-state index is 13.7. The lowest BCUT2D eigenvalue weighted by Crippen LogP contribution is -2.46. The fourth-order valence-electron chi connectivity index (χ4n) is 4.54. The van der Waals surface area contributed by atoms with E-state index in [9.17, 15) is 14.7 Å². The van der Waals surface area contributed by atoms with E-state index in [1.807, 2.05) is 60.7 Å². The molecule has 2 aromatic rings. The number of aliphatic hydroxyl groups is 1. The molecule has 1 aliphatic heterocycles. The van der Waals surface area contributed by atoms with Crippen molar-refractivity contribution in [3.05, 3.63) is 71.8 Å². The number of carbonyl (C=O) groups is 2. The van der Waals surface area contributed by atoms with Crippen LogP contribution in [0.3, 0.4) is 0 Å². The summed E-state index contributed by atoms with van der Waals surface area (Å²) in [7, 11) is 0. The molecule has 1 saturated carbocycles. The zero-order valence-corrected chi connectivity index (χ0v) is 14.7. The SMILES string of the molecule is O=C1[C@H](O)C(c2ccccc2)(c2ccccc2)C(=O)N1C1CCCCC1. The molecule has 0 bridgehead atoms. The highest BCUT2D eigenvalue weighted by Crippen LogP contribution is 2.44. The number of amides is 2. The molecular formula is C22H23NO3. The molecule has 0 spiro atoms. The Labute approximate surface area is 153 Å². The first kappa shape index (κ1) is 17.0. The van der Waals surface area contributed by atoms with Gasteiger partial charge in [0.25, 0.3) is 5.91 Å². The number of aliphatic hydroxyl groups excluding tert-OH is 1. The average Bonchev–Trinajstić information content (AvgIpc) is 2.90. The summed E-state index contributed by atoms with van der Waals surface area (Å²) in [6.45, 7) is 0. The molecular weight excluding hydrogens is 326 g/mol. The van der Waals surface area contributed by atoms with Gasteiger partial charge in [0.05, 0.1) is 0 Å². The first-order valence-electron chi connectivity index (χ1n) is 9.34. The summed E-state index contributed by atoms with van der Waals surface area (Å²) in [5.74, 6) is -0.756. The second-order valence-corrected chi connectivity index (χ2v) is 7.25. The molecule has 2 aromatic carbocycles. The highest BCUT2D eigenvalue weighted by atomic mass is 16.3. The highest BCUT2D eigenvalue weighted by Gasteiger charge is 2.62. The van der Waals surface area contributed by atoms with Gasteiger partial charge in [0.2, 0.25) is 5.91 Å². The number of hydrogen-bond donors (Lipinski definition) is 1. The van der Waals surface area contributed by atoms with Crippen LogP contribution in [0.1, 0.15) is 43.2 Å². The van der Waals surface area contributed by atoms with Gasteiger partial charge >= 0.3 is 0 Å². The third kappa shape index (κ3) is 2.40. The molecule has 4 rings (SSSR count). The van der Waals surface area contributed by atoms with Crippen molar-refractivity contribution in [2.24, 2.45) is 0 Å². The van der Waals surface area contributed by atoms with Crippen LogP contribution < -0.4 is 0 Å². The van der Waals surface area contributed by atoms with Crippen molar-refractivity contribution in [3.8, 4) is 0 Å². The van der Waals surface area contributed by atoms with Crippen LogP contribution in [0.4, 0.5) is 0 Å². The molecule has 1 N–H and O–H groups in total. The normalized spacial score (nSPS) is 23.4. The molecule has 1 aliphatic carbocycles. The van der Waals surface area contributed by atoms with Gasteiger partial charge < -0.3 is 5.11 Å². The minimum Gasteiger partial charge on any atom is -0.381 e. The molecule has 4 nitrogen and oxygen atoms in total. The number of likely N-dealkylation sites (tertiary alicyclic amines) is 1. The number of imide groups is 1. The van der Waals surface area contributed by atoms with Gasteiger partial charge in [-0.15, -0.1) is 0 Å². The number of benzene rings is 2. The molecule has 0 aromatic heterocycles. The predicted octanol–water partition coefficient (Wildman–Crippen LogP) is 3.04. The van der Waals surface area contributed by atoms with Gasteiger partial charge in [0.1, 0.15) is 5.41 Å². The van der Waals surface area contributed by atoms with Crippen LogP contribution in [0.2, 0.25) is 0 Å². The van der Waals surface area contributed by atoms with E-state index in [2.05, 4.69) is 0 Å². The Kier molecular flexibility index (Phi) is 4.37. The first-order chi connectivity index (χ1) is 12.7. The van der Waals surface area contributed by atoms with Crippen LogP contribution in [0.5, 0.6) is 0 Å². The Bertz CT molecular complexity index is 757. The second kappa shape index (κ2) is 6.69. The van der Waals surface area contributed by atoms with Gasteiger partial charge in [-0.1, -0.05) is 79.9 Å². The number of hydrogen-bond acceptors (Lipinski definition) is 3. The zero-order chi connectivity index (χ0) is 18.1. The molecule has 1 atom stereocenters. The number of nitrogens with zero attached hydrogens (tertiary/aromatic N) is 1. The van der Waals surface area contributed by atoms with Gasteiger partial charge in [-0.25, -0.2) is 0 Å². The van der Waals surface area contributed by atoms with Crippen molar-refractivity contribution in [2.45, 2.75) is 49.7 Å². The lowest BCUT2D eigenvalue weighted by Gasteiger charge is -2.33. The topological polar surface area (TPSA) is 57.6 Å². The number of carbonyl (C=O) groups excluding carboxylic acids is 2. The van der Waals surface area contributed by atoms with Gasteiger partial charge in [0.15, 0.2) is 6.10 Å². The van der Waals surface area contributed by atoms with Crippen molar-refractivity contribution in [2.75, 3.05) is 0 Å². The van der Waals surface area contributed by atoms with Crippen LogP contribution in [0, 0.1) is 0 Å². The molecule has 1 heterocycles. The van der Waals surface area contributed by atoms with Crippen molar-refractivity contribution in [3.63, 3.8) is 0 Å². The van der Waals surface area contributed by atoms with E-state index in [-0.39, 0.29) is 11.9 Å². The summed E-state index contributed by atoms with van der Waals surface area (Å²) >= 11 is 0. The van der Waals surface area contributed by atoms with E-state index < -0.39 is 17.4 Å². The molecule has 1 saturated heterocycles. The molecule has 2 fully saturated rings. The van der Waals surface area contributed by atoms with Crippen LogP contribution in [-0.4, -0.2) is 34.0 Å². The molecule has 4 heteroatoms. The summed E-state index contributed by atoms with van der Waals surface area (Å²) in [6.07, 6.45) is 3.41. The van der Waals surface area contributed by atoms with E-state index in [4.69, 9.17) is 0 Å². The highest BCUT2D eigenvalue weighted by molar-refractivity contribution is 6.14. The zero-order valence-electron chi connectivity index (χ0n) is 14.7. The van der Waals surface area contributed by atoms with Crippen LogP contribution in [0.15, 0.2) is 60.7 Å². The summed E-state index contributed by atoms with van der Waals surface area (Å²) in [4.78, 5) is 28.1. The predicted molar refractivity (Wildman–Crippen MR) is 98.4 cm³/mol. The van der Waals surface area contributed by atoms with Gasteiger partial charge in [-0.2, -0.15) is 0 Å². The van der Waals surface area contributed by atoms with E-state index in [0.29, 0.717) is 11.1 Å². The minimum atomic E-state index is -1.40. The molecule has 26 heavy (non-hydrogen) atoms. The Morgan fingerprint density at radius 1 is 0.808 bits per heavy atom. The quantitative estimate of drug-likeness (QED) is 0.867. The van der Waals surface area contributed by atoms with Crippen LogP contribution in [0.25, 0.3) is 0 Å². The molecule has 134 valence electrons. The summed E-state index contributed by atoms with van der Waals surface area (Å²) < 4.78 is 0. The summed E-state index contributed by atoms with van der Waals surface area (Å²) in [5, 5.41) is 11.1. The lowest BCUT2D eigenvalue weighted by molar-refractivity contribution is -0.144. The summed E-state index contributed by atoms with van der Waals surface area (Å²) in [6, 6.07) is 18.3. The average molecular weight is 349 g/mol. The Balaban J connectivity index is 1.88. The Morgan fingerprint density at radius 3 is 1.81 bits per heavy atom. The van der Waals surface area contributed by atoms with Gasteiger partial charge in [0, 0.05) is 6.04 Å². The standard InChI is InChI=1S/C22H23NO3/c24-19-20(25)23(18-14-8-3-9-15-18)21(26)22(19,16-10-4-1-5-11-16)17-12-6-2-7-13-17/h1-2,4-7,10-13,18-19,24H,3,8-9,14-15H2/t19-/m0/s1. The molecule has 0 unspecified atom stereocenters. The largest absolute Gasteiger partial charge is 0.381 e. The molecule has 2 amide bonds. The minimum absolute atomic E-state index is 0.104. The monoisotopic (exact) mass is 349 g/mol. The fourth-order valence-corrected chi connectivity index (χ4v) is 4.54. The van der Waals surface area contributed by atoms with E-state index in [1.54, 1.807) is 0 Å². The van der Waals surface area contributed by atoms with Crippen LogP contribution in [-0.2, 0) is 15.0 Å². The molecule has 2 aliphatic rings. The van der Waals surface area contributed by atoms with E-state index >= 15 is 0 Å². The van der Waals surface area contributed by atoms with Crippen molar-refractivity contribution in [1.29, 1.82) is 0 Å². The Hall–Kier alpha value is -2.46. The fraction of sp³-hybridized carbons (Fsp3) is 0.364. The van der Waals surface area contributed by atoms with E-state index in [1.165, 1.54) is 4.90 Å². The van der Waals surface area contributed by atoms with Crippen molar-refractivity contribution in [1.82, 2.24) is 4.90 Å². The smallest absolute Gasteiger partial charge is 0.260 e. The molecule has 0 radical (unpaired) electrons. The lowest BCUT2D eigenvalue weighted by atomic mass is 9.71. The first-order valence-corrected chi connectivity index (χ1v) is 9.34. The third-order valence-corrected chi connectivity index (χ3v) is 5.84. The second-order valence-electron chi connectivity index (χ2n) is 7.25. The third-order valence-electron chi connectivity index (χ3n) is 5.84. The van der Waals surface area contributed by atoms with E-state index in [0.717, 1.165) is 32.1 Å². The maximum atomic E-state index is 13.7. The van der Waals surface area contributed by atoms with Gasteiger partial charge in [-0.05, 0) is 24.0 Å². The number of rotatable bonds is 3. The van der Waals surface area contributed by atoms with Crippen molar-refractivity contribution >= 4 is 11.8 Å². The van der Waals surface area contributed by atoms with Crippen molar-refractivity contribution < 1.29 is 14.7 Å². The maximum Gasteiger partial charge on any atom is 0.260 e. The van der Waals surface area contributed by atoms with Crippen LogP contribution >= 0.6 is 0 Å².